The fourth-order valence-corrected chi connectivity index (χ4v) is 2.82. The molecule has 0 aliphatic heterocycles. The Morgan fingerprint density at radius 1 is 1.31 bits per heavy atom. The van der Waals surface area contributed by atoms with Crippen LogP contribution in [-0.2, 0) is 6.54 Å². The first-order valence-electron chi connectivity index (χ1n) is 6.52. The third-order valence-electron chi connectivity index (χ3n) is 3.96. The van der Waals surface area contributed by atoms with Crippen LogP contribution in [0.25, 0.3) is 0 Å². The van der Waals surface area contributed by atoms with Gasteiger partial charge in [-0.05, 0) is 50.6 Å². The molecule has 0 saturated heterocycles. The molecule has 1 aromatic heterocycles. The Labute approximate surface area is 97.4 Å². The molecule has 0 amide bonds. The van der Waals surface area contributed by atoms with Crippen molar-refractivity contribution in [1.29, 1.82) is 0 Å². The van der Waals surface area contributed by atoms with Gasteiger partial charge in [0.2, 0.25) is 0 Å². The Bertz CT molecular complexity index is 313. The van der Waals surface area contributed by atoms with Crippen molar-refractivity contribution in [3.63, 3.8) is 0 Å². The number of aromatic nitrogens is 2. The third kappa shape index (κ3) is 2.29. The molecule has 3 nitrogen and oxygen atoms in total. The zero-order valence-corrected chi connectivity index (χ0v) is 10.0. The van der Waals surface area contributed by atoms with Gasteiger partial charge in [0.25, 0.3) is 0 Å². The molecule has 1 heterocycles. The van der Waals surface area contributed by atoms with E-state index in [-0.39, 0.29) is 0 Å². The minimum absolute atomic E-state index is 0.871. The van der Waals surface area contributed by atoms with Crippen LogP contribution in [0.15, 0.2) is 18.5 Å². The van der Waals surface area contributed by atoms with E-state index in [1.54, 1.807) is 0 Å². The summed E-state index contributed by atoms with van der Waals surface area (Å²) in [5.74, 6) is 2.02. The van der Waals surface area contributed by atoms with Gasteiger partial charge in [-0.3, -0.25) is 4.68 Å². The smallest absolute Gasteiger partial charge is 0.0536 e. The number of nitrogens with zero attached hydrogens (tertiary/aromatic N) is 3. The Balaban J connectivity index is 1.52. The van der Waals surface area contributed by atoms with E-state index in [4.69, 9.17) is 0 Å². The lowest BCUT2D eigenvalue weighted by atomic mass is 10.1. The van der Waals surface area contributed by atoms with Crippen molar-refractivity contribution in [2.24, 2.45) is 11.8 Å². The van der Waals surface area contributed by atoms with Gasteiger partial charge in [-0.15, -0.1) is 0 Å². The van der Waals surface area contributed by atoms with Crippen LogP contribution in [0.1, 0.15) is 25.7 Å². The van der Waals surface area contributed by atoms with E-state index in [1.807, 2.05) is 16.9 Å². The molecule has 3 heteroatoms. The van der Waals surface area contributed by atoms with Crippen molar-refractivity contribution in [2.75, 3.05) is 13.6 Å². The fourth-order valence-electron chi connectivity index (χ4n) is 2.82. The maximum atomic E-state index is 4.26. The minimum Gasteiger partial charge on any atom is -0.301 e. The first-order chi connectivity index (χ1) is 7.84. The molecule has 2 aliphatic rings. The van der Waals surface area contributed by atoms with Gasteiger partial charge in [0.05, 0.1) is 6.54 Å². The summed E-state index contributed by atoms with van der Waals surface area (Å²) in [7, 11) is 2.30. The van der Waals surface area contributed by atoms with Gasteiger partial charge in [0.1, 0.15) is 0 Å². The molecule has 0 bridgehead atoms. The summed E-state index contributed by atoms with van der Waals surface area (Å²) in [5, 5.41) is 4.26. The molecule has 0 atom stereocenters. The molecular weight excluding hydrogens is 198 g/mol. The molecule has 0 aromatic carbocycles. The fraction of sp³-hybridized carbons (Fsp3) is 0.769. The highest BCUT2D eigenvalue weighted by Crippen LogP contribution is 2.46. The number of hydrogen-bond acceptors (Lipinski definition) is 2. The summed E-state index contributed by atoms with van der Waals surface area (Å²) in [6.45, 7) is 2.17. The Hall–Kier alpha value is -0.830. The largest absolute Gasteiger partial charge is 0.301 e. The maximum absolute atomic E-state index is 4.26. The van der Waals surface area contributed by atoms with Crippen LogP contribution in [0.2, 0.25) is 0 Å². The molecule has 3 rings (SSSR count). The van der Waals surface area contributed by atoms with E-state index in [2.05, 4.69) is 23.2 Å². The van der Waals surface area contributed by atoms with Crippen LogP contribution < -0.4 is 0 Å². The van der Waals surface area contributed by atoms with Gasteiger partial charge in [0, 0.05) is 25.0 Å². The van der Waals surface area contributed by atoms with Crippen molar-refractivity contribution in [1.82, 2.24) is 14.7 Å². The molecule has 1 aromatic rings. The molecule has 0 N–H and O–H groups in total. The average molecular weight is 219 g/mol. The zero-order chi connectivity index (χ0) is 11.0. The van der Waals surface area contributed by atoms with Crippen molar-refractivity contribution < 1.29 is 0 Å². The van der Waals surface area contributed by atoms with Crippen LogP contribution in [0, 0.1) is 11.8 Å². The molecule has 0 radical (unpaired) electrons. The van der Waals surface area contributed by atoms with Crippen molar-refractivity contribution in [3.8, 4) is 0 Å². The van der Waals surface area contributed by atoms with E-state index >= 15 is 0 Å². The Kier molecular flexibility index (Phi) is 2.72. The minimum atomic E-state index is 0.871. The van der Waals surface area contributed by atoms with Gasteiger partial charge in [-0.2, -0.15) is 5.10 Å². The molecular formula is C13H21N3. The van der Waals surface area contributed by atoms with E-state index in [0.717, 1.165) is 31.0 Å². The quantitative estimate of drug-likeness (QED) is 0.729. The van der Waals surface area contributed by atoms with E-state index in [1.165, 1.54) is 25.7 Å². The molecule has 88 valence electrons. The molecule has 2 fully saturated rings. The highest BCUT2D eigenvalue weighted by Gasteiger charge is 2.43. The second kappa shape index (κ2) is 4.21. The van der Waals surface area contributed by atoms with Crippen LogP contribution in [-0.4, -0.2) is 34.3 Å². The van der Waals surface area contributed by atoms with Gasteiger partial charge in [-0.25, -0.2) is 0 Å². The van der Waals surface area contributed by atoms with Crippen molar-refractivity contribution in [2.45, 2.75) is 38.3 Å². The Morgan fingerprint density at radius 3 is 2.50 bits per heavy atom. The van der Waals surface area contributed by atoms with Gasteiger partial charge in [-0.1, -0.05) is 0 Å². The lowest BCUT2D eigenvalue weighted by Crippen LogP contribution is -2.37. The molecule has 0 unspecified atom stereocenters. The van der Waals surface area contributed by atoms with Crippen LogP contribution in [0.5, 0.6) is 0 Å². The Morgan fingerprint density at radius 2 is 2.00 bits per heavy atom. The first-order valence-corrected chi connectivity index (χ1v) is 6.52. The zero-order valence-electron chi connectivity index (χ0n) is 10.0. The van der Waals surface area contributed by atoms with Crippen molar-refractivity contribution in [3.05, 3.63) is 18.5 Å². The number of rotatable bonds is 6. The summed E-state index contributed by atoms with van der Waals surface area (Å²) < 4.78 is 2.04. The van der Waals surface area contributed by atoms with Crippen LogP contribution in [0.4, 0.5) is 0 Å². The number of likely N-dealkylation sites (N-methyl/N-ethyl adjacent to an activating group) is 1. The van der Waals surface area contributed by atoms with E-state index < -0.39 is 0 Å². The van der Waals surface area contributed by atoms with E-state index in [9.17, 15) is 0 Å². The topological polar surface area (TPSA) is 21.1 Å². The second-order valence-electron chi connectivity index (χ2n) is 5.42. The third-order valence-corrected chi connectivity index (χ3v) is 3.96. The summed E-state index contributed by atoms with van der Waals surface area (Å²) in [6.07, 6.45) is 9.78. The van der Waals surface area contributed by atoms with Gasteiger partial charge < -0.3 is 4.90 Å². The highest BCUT2D eigenvalue weighted by molar-refractivity contribution is 4.96. The standard InChI is InChI=1S/C13H21N3/c1-15(9-10-16-8-2-7-14-16)13(11-3-4-11)12-5-6-12/h2,7-8,11-13H,3-6,9-10H2,1H3. The average Bonchev–Trinajstić information content (AvgIpc) is 3.20. The molecule has 0 spiro atoms. The lowest BCUT2D eigenvalue weighted by molar-refractivity contribution is 0.186. The molecule has 2 aliphatic carbocycles. The van der Waals surface area contributed by atoms with Gasteiger partial charge >= 0.3 is 0 Å². The summed E-state index contributed by atoms with van der Waals surface area (Å²) in [4.78, 5) is 2.58. The molecule has 16 heavy (non-hydrogen) atoms. The number of hydrogen-bond donors (Lipinski definition) is 0. The molecule has 2 saturated carbocycles. The normalized spacial score (nSPS) is 20.9. The predicted molar refractivity (Wildman–Crippen MR) is 64.1 cm³/mol. The van der Waals surface area contributed by atoms with Gasteiger partial charge in [0.15, 0.2) is 0 Å². The summed E-state index contributed by atoms with van der Waals surface area (Å²) >= 11 is 0. The highest BCUT2D eigenvalue weighted by atomic mass is 15.3. The summed E-state index contributed by atoms with van der Waals surface area (Å²) in [5.41, 5.74) is 0. The van der Waals surface area contributed by atoms with Crippen LogP contribution in [0.3, 0.4) is 0 Å². The first kappa shape index (κ1) is 10.3. The van der Waals surface area contributed by atoms with E-state index in [0.29, 0.717) is 0 Å². The summed E-state index contributed by atoms with van der Waals surface area (Å²) in [6, 6.07) is 2.87. The van der Waals surface area contributed by atoms with Crippen molar-refractivity contribution >= 4 is 0 Å². The monoisotopic (exact) mass is 219 g/mol. The lowest BCUT2D eigenvalue weighted by Gasteiger charge is -2.28. The second-order valence-corrected chi connectivity index (χ2v) is 5.42. The predicted octanol–water partition coefficient (Wildman–Crippen LogP) is 2.00. The SMILES string of the molecule is CN(CCn1cccn1)C(C1CC1)C1CC1. The maximum Gasteiger partial charge on any atom is 0.0536 e. The van der Waals surface area contributed by atoms with Crippen LogP contribution >= 0.6 is 0 Å².